The zero-order chi connectivity index (χ0) is 14.8. The van der Waals surface area contributed by atoms with Gasteiger partial charge in [0.15, 0.2) is 0 Å². The van der Waals surface area contributed by atoms with Gasteiger partial charge in [0, 0.05) is 27.4 Å². The first-order chi connectivity index (χ1) is 9.40. The van der Waals surface area contributed by atoms with E-state index in [0.717, 1.165) is 0 Å². The van der Waals surface area contributed by atoms with E-state index in [0.29, 0.717) is 21.2 Å². The minimum Gasteiger partial charge on any atom is -0.399 e. The summed E-state index contributed by atoms with van der Waals surface area (Å²) >= 11 is 6.42. The van der Waals surface area contributed by atoms with Gasteiger partial charge in [0.1, 0.15) is 4.90 Å². The number of benzene rings is 1. The molecule has 1 aromatic carbocycles. The molecule has 0 saturated heterocycles. The van der Waals surface area contributed by atoms with E-state index in [1.165, 1.54) is 23.0 Å². The lowest BCUT2D eigenvalue weighted by atomic mass is 10.3. The van der Waals surface area contributed by atoms with E-state index in [4.69, 9.17) is 5.73 Å². The Balaban J connectivity index is 2.14. The van der Waals surface area contributed by atoms with E-state index in [-0.39, 0.29) is 11.4 Å². The Morgan fingerprint density at radius 1 is 1.30 bits per heavy atom. The third-order valence-corrected chi connectivity index (χ3v) is 5.73. The topological polar surface area (TPSA) is 103 Å². The predicted molar refractivity (Wildman–Crippen MR) is 81.5 cm³/mol. The van der Waals surface area contributed by atoms with Crippen molar-refractivity contribution in [2.45, 2.75) is 11.4 Å². The largest absolute Gasteiger partial charge is 0.399 e. The summed E-state index contributed by atoms with van der Waals surface area (Å²) in [6, 6.07) is 3.08. The molecular weight excluding hydrogens is 414 g/mol. The van der Waals surface area contributed by atoms with Gasteiger partial charge < -0.3 is 5.73 Å². The molecule has 0 radical (unpaired) electrons. The molecule has 1 aromatic heterocycles. The van der Waals surface area contributed by atoms with E-state index < -0.39 is 10.0 Å². The third kappa shape index (κ3) is 3.57. The van der Waals surface area contributed by atoms with E-state index in [1.54, 1.807) is 6.20 Å². The van der Waals surface area contributed by atoms with Gasteiger partial charge >= 0.3 is 0 Å². The Morgan fingerprint density at radius 3 is 2.50 bits per heavy atom. The Bertz CT molecular complexity index is 679. The number of aromatic nitrogens is 3. The van der Waals surface area contributed by atoms with E-state index in [1.807, 2.05) is 0 Å². The lowest BCUT2D eigenvalue weighted by Crippen LogP contribution is -2.28. The van der Waals surface area contributed by atoms with E-state index >= 15 is 0 Å². The van der Waals surface area contributed by atoms with Crippen molar-refractivity contribution in [2.75, 3.05) is 12.3 Å². The molecule has 2 rings (SSSR count). The van der Waals surface area contributed by atoms with Gasteiger partial charge in [0.2, 0.25) is 10.0 Å². The number of rotatable bonds is 5. The van der Waals surface area contributed by atoms with Crippen LogP contribution in [0.1, 0.15) is 0 Å². The van der Waals surface area contributed by atoms with Crippen molar-refractivity contribution in [3.63, 3.8) is 0 Å². The molecule has 0 fully saturated rings. The summed E-state index contributed by atoms with van der Waals surface area (Å²) in [5.74, 6) is 0. The predicted octanol–water partition coefficient (Wildman–Crippen LogP) is 1.36. The van der Waals surface area contributed by atoms with Gasteiger partial charge in [-0.05, 0) is 44.0 Å². The maximum atomic E-state index is 12.3. The molecule has 0 saturated carbocycles. The summed E-state index contributed by atoms with van der Waals surface area (Å²) in [7, 11) is -3.65. The number of sulfonamides is 1. The maximum Gasteiger partial charge on any atom is 0.242 e. The fraction of sp³-hybridized carbons (Fsp3) is 0.200. The maximum absolute atomic E-state index is 12.3. The van der Waals surface area contributed by atoms with Gasteiger partial charge in [-0.3, -0.25) is 4.68 Å². The van der Waals surface area contributed by atoms with Crippen LogP contribution >= 0.6 is 31.9 Å². The molecule has 3 N–H and O–H groups in total. The monoisotopic (exact) mass is 423 g/mol. The molecule has 7 nitrogen and oxygen atoms in total. The highest BCUT2D eigenvalue weighted by molar-refractivity contribution is 9.11. The minimum atomic E-state index is -3.65. The van der Waals surface area contributed by atoms with Crippen LogP contribution in [-0.4, -0.2) is 30.0 Å². The van der Waals surface area contributed by atoms with Crippen molar-refractivity contribution in [3.8, 4) is 0 Å². The van der Waals surface area contributed by atoms with Gasteiger partial charge in [0.25, 0.3) is 0 Å². The summed E-state index contributed by atoms with van der Waals surface area (Å²) in [6.45, 7) is 0.596. The van der Waals surface area contributed by atoms with Gasteiger partial charge in [-0.15, -0.1) is 5.10 Å². The molecule has 0 spiro atoms. The lowest BCUT2D eigenvalue weighted by Gasteiger charge is -2.11. The molecule has 0 bridgehead atoms. The second-order valence-corrected chi connectivity index (χ2v) is 7.29. The van der Waals surface area contributed by atoms with Crippen molar-refractivity contribution in [3.05, 3.63) is 33.5 Å². The van der Waals surface area contributed by atoms with Gasteiger partial charge in [-0.25, -0.2) is 13.1 Å². The van der Waals surface area contributed by atoms with Crippen LogP contribution in [0.3, 0.4) is 0 Å². The summed E-state index contributed by atoms with van der Waals surface area (Å²) in [5.41, 5.74) is 6.11. The lowest BCUT2D eigenvalue weighted by molar-refractivity contribution is 0.552. The Morgan fingerprint density at radius 2 is 1.95 bits per heavy atom. The van der Waals surface area contributed by atoms with Crippen LogP contribution in [-0.2, 0) is 16.6 Å². The van der Waals surface area contributed by atoms with Crippen molar-refractivity contribution >= 4 is 47.6 Å². The van der Waals surface area contributed by atoms with Crippen molar-refractivity contribution < 1.29 is 8.42 Å². The van der Waals surface area contributed by atoms with Gasteiger partial charge in [-0.1, -0.05) is 5.21 Å². The molecule has 108 valence electrons. The van der Waals surface area contributed by atoms with Crippen LogP contribution in [0.4, 0.5) is 5.69 Å². The Hall–Kier alpha value is -0.970. The van der Waals surface area contributed by atoms with Crippen LogP contribution in [0.5, 0.6) is 0 Å². The number of hydrogen-bond acceptors (Lipinski definition) is 5. The highest BCUT2D eigenvalue weighted by Crippen LogP contribution is 2.32. The number of halogens is 2. The van der Waals surface area contributed by atoms with Crippen molar-refractivity contribution in [1.82, 2.24) is 19.7 Å². The molecule has 2 aromatic rings. The summed E-state index contributed by atoms with van der Waals surface area (Å²) in [5, 5.41) is 7.39. The summed E-state index contributed by atoms with van der Waals surface area (Å²) in [6.07, 6.45) is 3.19. The summed E-state index contributed by atoms with van der Waals surface area (Å²) in [4.78, 5) is 0.116. The number of nitrogen functional groups attached to an aromatic ring is 1. The quantitative estimate of drug-likeness (QED) is 0.705. The summed E-state index contributed by atoms with van der Waals surface area (Å²) < 4.78 is 29.3. The first-order valence-electron chi connectivity index (χ1n) is 5.48. The number of anilines is 1. The molecule has 1 heterocycles. The van der Waals surface area contributed by atoms with Crippen LogP contribution < -0.4 is 10.5 Å². The van der Waals surface area contributed by atoms with E-state index in [2.05, 4.69) is 46.9 Å². The Labute approximate surface area is 132 Å². The first kappa shape index (κ1) is 15.4. The second kappa shape index (κ2) is 6.20. The van der Waals surface area contributed by atoms with Crippen molar-refractivity contribution in [2.24, 2.45) is 0 Å². The average molecular weight is 425 g/mol. The molecule has 0 amide bonds. The second-order valence-electron chi connectivity index (χ2n) is 3.88. The van der Waals surface area contributed by atoms with Gasteiger partial charge in [-0.2, -0.15) is 0 Å². The standard InChI is InChI=1S/C10H11Br2N5O2S/c11-8-5-7(13)6-9(12)10(8)20(18,19)15-2-4-17-3-1-14-16-17/h1,3,5-6,15H,2,4,13H2. The third-order valence-electron chi connectivity index (χ3n) is 2.39. The Kier molecular flexibility index (Phi) is 4.78. The van der Waals surface area contributed by atoms with Crippen LogP contribution in [0.25, 0.3) is 0 Å². The zero-order valence-corrected chi connectivity index (χ0v) is 14.1. The SMILES string of the molecule is Nc1cc(Br)c(S(=O)(=O)NCCn2ccnn2)c(Br)c1. The molecule has 0 atom stereocenters. The highest BCUT2D eigenvalue weighted by Gasteiger charge is 2.21. The van der Waals surface area contributed by atoms with Crippen LogP contribution in [0.2, 0.25) is 0 Å². The average Bonchev–Trinajstić information content (AvgIpc) is 2.79. The molecule has 0 aliphatic heterocycles. The fourth-order valence-corrected chi connectivity index (χ4v) is 5.19. The number of nitrogens with zero attached hydrogens (tertiary/aromatic N) is 3. The smallest absolute Gasteiger partial charge is 0.242 e. The number of hydrogen-bond donors (Lipinski definition) is 2. The number of nitrogens with two attached hydrogens (primary N) is 1. The van der Waals surface area contributed by atoms with Crippen LogP contribution in [0, 0.1) is 0 Å². The first-order valence-corrected chi connectivity index (χ1v) is 8.55. The molecule has 20 heavy (non-hydrogen) atoms. The zero-order valence-electron chi connectivity index (χ0n) is 10.1. The molecule has 10 heteroatoms. The van der Waals surface area contributed by atoms with E-state index in [9.17, 15) is 8.42 Å². The molecule has 0 aliphatic rings. The molecule has 0 unspecified atom stereocenters. The van der Waals surface area contributed by atoms with Gasteiger partial charge in [0.05, 0.1) is 12.7 Å². The van der Waals surface area contributed by atoms with Crippen molar-refractivity contribution in [1.29, 1.82) is 0 Å². The van der Waals surface area contributed by atoms with Crippen LogP contribution in [0.15, 0.2) is 38.4 Å². The fourth-order valence-electron chi connectivity index (χ4n) is 1.55. The minimum absolute atomic E-state index is 0.116. The highest BCUT2D eigenvalue weighted by atomic mass is 79.9. The molecule has 0 aliphatic carbocycles. The normalized spacial score (nSPS) is 11.7. The molecular formula is C10H11Br2N5O2S. The number of nitrogens with one attached hydrogen (secondary N) is 1.